The summed E-state index contributed by atoms with van der Waals surface area (Å²) in [6.45, 7) is 2.72. The summed E-state index contributed by atoms with van der Waals surface area (Å²) in [5.41, 5.74) is 7.01. The molecule has 0 aliphatic heterocycles. The SMILES string of the molecule is CC(N)CCn1ccsc1=NC(=O)c1c[nH]c2ncccc12. The number of amides is 1. The van der Waals surface area contributed by atoms with Crippen LogP contribution in [0.3, 0.4) is 0 Å². The molecule has 0 saturated heterocycles. The third-order valence-electron chi connectivity index (χ3n) is 3.36. The van der Waals surface area contributed by atoms with Crippen molar-refractivity contribution in [1.82, 2.24) is 14.5 Å². The first-order valence-corrected chi connectivity index (χ1v) is 7.94. The van der Waals surface area contributed by atoms with Crippen LogP contribution in [0.2, 0.25) is 0 Å². The topological polar surface area (TPSA) is 89.1 Å². The van der Waals surface area contributed by atoms with Gasteiger partial charge >= 0.3 is 0 Å². The average Bonchev–Trinajstić information content (AvgIpc) is 3.11. The molecule has 1 atom stereocenters. The normalized spacial score (nSPS) is 13.6. The predicted molar refractivity (Wildman–Crippen MR) is 86.6 cm³/mol. The zero-order chi connectivity index (χ0) is 15.5. The maximum Gasteiger partial charge on any atom is 0.281 e. The van der Waals surface area contributed by atoms with E-state index in [4.69, 9.17) is 5.73 Å². The molecule has 0 aliphatic carbocycles. The first kappa shape index (κ1) is 14.7. The van der Waals surface area contributed by atoms with Gasteiger partial charge < -0.3 is 15.3 Å². The van der Waals surface area contributed by atoms with Gasteiger partial charge in [0, 0.05) is 41.9 Å². The van der Waals surface area contributed by atoms with Gasteiger partial charge in [0.2, 0.25) is 0 Å². The van der Waals surface area contributed by atoms with Crippen molar-refractivity contribution in [1.29, 1.82) is 0 Å². The van der Waals surface area contributed by atoms with Crippen LogP contribution in [-0.2, 0) is 6.54 Å². The summed E-state index contributed by atoms with van der Waals surface area (Å²) in [5.74, 6) is -0.267. The number of nitrogens with zero attached hydrogens (tertiary/aromatic N) is 3. The Labute approximate surface area is 131 Å². The highest BCUT2D eigenvalue weighted by molar-refractivity contribution is 7.07. The number of hydrogen-bond acceptors (Lipinski definition) is 4. The van der Waals surface area contributed by atoms with Crippen molar-refractivity contribution in [3.63, 3.8) is 0 Å². The number of nitrogens with two attached hydrogens (primary N) is 1. The second-order valence-electron chi connectivity index (χ2n) is 5.16. The number of aryl methyl sites for hydroxylation is 1. The molecule has 3 aromatic rings. The second kappa shape index (κ2) is 6.25. The van der Waals surface area contributed by atoms with Crippen LogP contribution < -0.4 is 10.5 Å². The minimum atomic E-state index is -0.267. The fraction of sp³-hybridized carbons (Fsp3) is 0.267. The zero-order valence-corrected chi connectivity index (χ0v) is 13.0. The van der Waals surface area contributed by atoms with Crippen LogP contribution in [0.1, 0.15) is 23.7 Å². The summed E-state index contributed by atoms with van der Waals surface area (Å²) in [4.78, 5) is 24.5. The molecule has 0 aliphatic rings. The average molecular weight is 315 g/mol. The lowest BCUT2D eigenvalue weighted by atomic mass is 10.2. The van der Waals surface area contributed by atoms with Crippen molar-refractivity contribution in [2.45, 2.75) is 25.9 Å². The molecule has 0 bridgehead atoms. The van der Waals surface area contributed by atoms with Crippen molar-refractivity contribution >= 4 is 28.3 Å². The van der Waals surface area contributed by atoms with E-state index in [1.54, 1.807) is 18.5 Å². The van der Waals surface area contributed by atoms with E-state index in [-0.39, 0.29) is 11.9 Å². The minimum absolute atomic E-state index is 0.121. The van der Waals surface area contributed by atoms with Crippen LogP contribution >= 0.6 is 11.3 Å². The number of thiazole rings is 1. The Balaban J connectivity index is 1.92. The first-order valence-electron chi connectivity index (χ1n) is 7.06. The van der Waals surface area contributed by atoms with Crippen molar-refractivity contribution in [3.8, 4) is 0 Å². The van der Waals surface area contributed by atoms with Gasteiger partial charge in [-0.1, -0.05) is 0 Å². The standard InChI is InChI=1S/C15H17N5OS/c1-10(16)4-6-20-7-8-22-15(20)19-14(21)12-9-18-13-11(12)3-2-5-17-13/h2-3,5,7-10H,4,6,16H2,1H3,(H,17,18). The van der Waals surface area contributed by atoms with Gasteiger partial charge in [0.15, 0.2) is 4.80 Å². The van der Waals surface area contributed by atoms with Crippen molar-refractivity contribution in [2.24, 2.45) is 10.7 Å². The lowest BCUT2D eigenvalue weighted by Gasteiger charge is -2.05. The molecule has 6 nitrogen and oxygen atoms in total. The Morgan fingerprint density at radius 3 is 3.27 bits per heavy atom. The number of pyridine rings is 1. The summed E-state index contributed by atoms with van der Waals surface area (Å²) in [6.07, 6.45) is 6.11. The van der Waals surface area contributed by atoms with Gasteiger partial charge in [-0.3, -0.25) is 4.79 Å². The predicted octanol–water partition coefficient (Wildman–Crippen LogP) is 1.90. The molecule has 114 valence electrons. The van der Waals surface area contributed by atoms with E-state index in [9.17, 15) is 4.79 Å². The molecule has 22 heavy (non-hydrogen) atoms. The third-order valence-corrected chi connectivity index (χ3v) is 4.16. The van der Waals surface area contributed by atoms with Crippen LogP contribution in [0.4, 0.5) is 0 Å². The van der Waals surface area contributed by atoms with E-state index in [0.717, 1.165) is 18.4 Å². The van der Waals surface area contributed by atoms with E-state index in [1.807, 2.05) is 29.1 Å². The number of nitrogens with one attached hydrogen (secondary N) is 1. The molecule has 3 aromatic heterocycles. The highest BCUT2D eigenvalue weighted by Gasteiger charge is 2.12. The maximum atomic E-state index is 12.4. The lowest BCUT2D eigenvalue weighted by molar-refractivity contribution is 0.0999. The molecular weight excluding hydrogens is 298 g/mol. The van der Waals surface area contributed by atoms with Crippen molar-refractivity contribution in [3.05, 3.63) is 46.5 Å². The van der Waals surface area contributed by atoms with Crippen molar-refractivity contribution < 1.29 is 4.79 Å². The van der Waals surface area contributed by atoms with Gasteiger partial charge in [0.1, 0.15) is 5.65 Å². The Kier molecular flexibility index (Phi) is 4.17. The molecule has 1 amide bonds. The molecule has 0 spiro atoms. The Bertz CT molecular complexity index is 858. The van der Waals surface area contributed by atoms with Crippen LogP contribution in [0, 0.1) is 0 Å². The molecule has 0 radical (unpaired) electrons. The smallest absolute Gasteiger partial charge is 0.281 e. The monoisotopic (exact) mass is 315 g/mol. The van der Waals surface area contributed by atoms with Crippen LogP contribution in [-0.4, -0.2) is 26.5 Å². The highest BCUT2D eigenvalue weighted by atomic mass is 32.1. The van der Waals surface area contributed by atoms with Gasteiger partial charge in [-0.25, -0.2) is 4.98 Å². The van der Waals surface area contributed by atoms with E-state index in [2.05, 4.69) is 15.0 Å². The Hall–Kier alpha value is -2.25. The summed E-state index contributed by atoms with van der Waals surface area (Å²) in [7, 11) is 0. The number of aromatic nitrogens is 3. The van der Waals surface area contributed by atoms with Gasteiger partial charge in [-0.15, -0.1) is 11.3 Å². The van der Waals surface area contributed by atoms with Gasteiger partial charge in [0.25, 0.3) is 5.91 Å². The molecule has 0 fully saturated rings. The first-order chi connectivity index (χ1) is 10.6. The van der Waals surface area contributed by atoms with Crippen molar-refractivity contribution in [2.75, 3.05) is 0 Å². The maximum absolute atomic E-state index is 12.4. The number of aromatic amines is 1. The molecular formula is C15H17N5OS. The largest absolute Gasteiger partial charge is 0.345 e. The van der Waals surface area contributed by atoms with E-state index < -0.39 is 0 Å². The number of H-pyrrole nitrogens is 1. The summed E-state index contributed by atoms with van der Waals surface area (Å²) >= 11 is 1.44. The molecule has 0 aromatic carbocycles. The van der Waals surface area contributed by atoms with Gasteiger partial charge in [-0.2, -0.15) is 4.99 Å². The summed E-state index contributed by atoms with van der Waals surface area (Å²) < 4.78 is 1.96. The number of fused-ring (bicyclic) bond motifs is 1. The number of carbonyl (C=O) groups is 1. The fourth-order valence-electron chi connectivity index (χ4n) is 2.18. The molecule has 0 saturated carbocycles. The second-order valence-corrected chi connectivity index (χ2v) is 6.04. The van der Waals surface area contributed by atoms with Crippen LogP contribution in [0.5, 0.6) is 0 Å². The third kappa shape index (κ3) is 3.00. The Morgan fingerprint density at radius 2 is 2.45 bits per heavy atom. The number of carbonyl (C=O) groups excluding carboxylic acids is 1. The van der Waals surface area contributed by atoms with E-state index >= 15 is 0 Å². The lowest BCUT2D eigenvalue weighted by Crippen LogP contribution is -2.22. The molecule has 3 N–H and O–H groups in total. The van der Waals surface area contributed by atoms with Gasteiger partial charge in [0.05, 0.1) is 5.56 Å². The Morgan fingerprint density at radius 1 is 1.59 bits per heavy atom. The number of hydrogen-bond donors (Lipinski definition) is 2. The quantitative estimate of drug-likeness (QED) is 0.770. The summed E-state index contributed by atoms with van der Waals surface area (Å²) in [5, 5.41) is 2.71. The summed E-state index contributed by atoms with van der Waals surface area (Å²) in [6, 6.07) is 3.79. The molecule has 3 rings (SSSR count). The molecule has 7 heteroatoms. The number of rotatable bonds is 4. The molecule has 1 unspecified atom stereocenters. The minimum Gasteiger partial charge on any atom is -0.345 e. The highest BCUT2D eigenvalue weighted by Crippen LogP contribution is 2.16. The fourth-order valence-corrected chi connectivity index (χ4v) is 2.93. The van der Waals surface area contributed by atoms with Crippen LogP contribution in [0.15, 0.2) is 41.1 Å². The van der Waals surface area contributed by atoms with E-state index in [1.165, 1.54) is 11.3 Å². The van der Waals surface area contributed by atoms with Crippen LogP contribution in [0.25, 0.3) is 11.0 Å². The van der Waals surface area contributed by atoms with Gasteiger partial charge in [-0.05, 0) is 25.5 Å². The van der Waals surface area contributed by atoms with E-state index in [0.29, 0.717) is 16.0 Å². The zero-order valence-electron chi connectivity index (χ0n) is 12.2. The molecule has 3 heterocycles.